The second kappa shape index (κ2) is 7.29. The van der Waals surface area contributed by atoms with Gasteiger partial charge in [0.15, 0.2) is 0 Å². The van der Waals surface area contributed by atoms with Crippen molar-refractivity contribution in [1.82, 2.24) is 24.5 Å². The first-order valence-corrected chi connectivity index (χ1v) is 10.5. The third-order valence-electron chi connectivity index (χ3n) is 4.14. The molecule has 0 aliphatic carbocycles. The summed E-state index contributed by atoms with van der Waals surface area (Å²) >= 11 is 1.05. The molecular weight excluding hydrogens is 418 g/mol. The van der Waals surface area contributed by atoms with E-state index < -0.39 is 28.4 Å². The molecule has 1 amide bonds. The van der Waals surface area contributed by atoms with E-state index in [9.17, 15) is 18.0 Å². The summed E-state index contributed by atoms with van der Waals surface area (Å²) in [6, 6.07) is 13.6. The summed E-state index contributed by atoms with van der Waals surface area (Å²) in [6.45, 7) is -0.696. The molecule has 0 unspecified atom stereocenters. The van der Waals surface area contributed by atoms with Crippen molar-refractivity contribution in [2.24, 2.45) is 0 Å². The number of rotatable bonds is 5. The van der Waals surface area contributed by atoms with Crippen LogP contribution < -0.4 is 0 Å². The fraction of sp³-hybridized carbons (Fsp3) is 0.118. The lowest BCUT2D eigenvalue weighted by Gasteiger charge is -2.12. The molecule has 1 aromatic heterocycles. The number of benzene rings is 2. The van der Waals surface area contributed by atoms with Crippen LogP contribution in [0.5, 0.6) is 0 Å². The summed E-state index contributed by atoms with van der Waals surface area (Å²) in [5.74, 6) is -1.64. The third kappa shape index (κ3) is 3.25. The molecule has 12 heteroatoms. The zero-order valence-corrected chi connectivity index (χ0v) is 16.6. The average molecular weight is 431 g/mol. The summed E-state index contributed by atoms with van der Waals surface area (Å²) in [5, 5.41) is 11.9. The van der Waals surface area contributed by atoms with Crippen molar-refractivity contribution in [1.29, 1.82) is 0 Å². The molecular formula is C17H13N5O5S2. The number of tetrazole rings is 1. The predicted octanol–water partition coefficient (Wildman–Crippen LogP) is 1.13. The van der Waals surface area contributed by atoms with Gasteiger partial charge in [-0.3, -0.25) is 9.59 Å². The van der Waals surface area contributed by atoms with Crippen molar-refractivity contribution in [2.75, 3.05) is 13.7 Å². The van der Waals surface area contributed by atoms with Crippen molar-refractivity contribution >= 4 is 33.7 Å². The number of carbonyl (C=O) groups is 2. The van der Waals surface area contributed by atoms with Gasteiger partial charge >= 0.3 is 5.97 Å². The Bertz CT molecular complexity index is 1210. The lowest BCUT2D eigenvalue weighted by atomic mass is 10.2. The Kier molecular flexibility index (Phi) is 4.80. The van der Waals surface area contributed by atoms with E-state index in [0.29, 0.717) is 20.0 Å². The Labute approximate surface area is 169 Å². The fourth-order valence-electron chi connectivity index (χ4n) is 2.79. The van der Waals surface area contributed by atoms with E-state index in [-0.39, 0.29) is 10.5 Å². The van der Waals surface area contributed by atoms with E-state index in [1.165, 1.54) is 16.8 Å². The van der Waals surface area contributed by atoms with Crippen molar-refractivity contribution in [3.63, 3.8) is 0 Å². The summed E-state index contributed by atoms with van der Waals surface area (Å²) in [6.07, 6.45) is 0. The van der Waals surface area contributed by atoms with Gasteiger partial charge in [0.05, 0.1) is 18.4 Å². The zero-order valence-electron chi connectivity index (χ0n) is 14.9. The first-order chi connectivity index (χ1) is 13.9. The molecule has 2 aromatic carbocycles. The van der Waals surface area contributed by atoms with Crippen LogP contribution in [0.3, 0.4) is 0 Å². The van der Waals surface area contributed by atoms with Crippen LogP contribution in [0.25, 0.3) is 5.69 Å². The van der Waals surface area contributed by atoms with Gasteiger partial charge in [0, 0.05) is 4.90 Å². The summed E-state index contributed by atoms with van der Waals surface area (Å²) < 4.78 is 31.9. The summed E-state index contributed by atoms with van der Waals surface area (Å²) in [7, 11) is -3.03. The van der Waals surface area contributed by atoms with Crippen molar-refractivity contribution in [3.8, 4) is 5.69 Å². The van der Waals surface area contributed by atoms with Crippen LogP contribution in [-0.2, 0) is 19.6 Å². The van der Waals surface area contributed by atoms with Crippen LogP contribution in [0.4, 0.5) is 0 Å². The molecule has 10 nitrogen and oxygen atoms in total. The Morgan fingerprint density at radius 1 is 1.14 bits per heavy atom. The molecule has 1 aliphatic rings. The molecule has 29 heavy (non-hydrogen) atoms. The number of carbonyl (C=O) groups excluding carboxylic acids is 2. The molecule has 4 rings (SSSR count). The minimum Gasteiger partial charge on any atom is -0.468 e. The van der Waals surface area contributed by atoms with Crippen LogP contribution in [0.1, 0.15) is 10.4 Å². The minimum atomic E-state index is -4.15. The smallest absolute Gasteiger partial charge is 0.326 e. The molecule has 0 radical (unpaired) electrons. The van der Waals surface area contributed by atoms with Gasteiger partial charge in [-0.15, -0.1) is 5.10 Å². The quantitative estimate of drug-likeness (QED) is 0.547. The van der Waals surface area contributed by atoms with Crippen molar-refractivity contribution in [3.05, 3.63) is 54.1 Å². The average Bonchev–Trinajstić information content (AvgIpc) is 3.26. The van der Waals surface area contributed by atoms with Gasteiger partial charge in [-0.25, -0.2) is 12.7 Å². The van der Waals surface area contributed by atoms with Crippen LogP contribution in [0, 0.1) is 0 Å². The van der Waals surface area contributed by atoms with Gasteiger partial charge in [0.1, 0.15) is 11.4 Å². The zero-order chi connectivity index (χ0) is 20.6. The summed E-state index contributed by atoms with van der Waals surface area (Å²) in [5.41, 5.74) is 0.683. The number of nitrogens with zero attached hydrogens (tertiary/aromatic N) is 5. The Morgan fingerprint density at radius 2 is 1.90 bits per heavy atom. The number of esters is 1. The third-order valence-corrected chi connectivity index (χ3v) is 6.91. The maximum absolute atomic E-state index is 12.8. The van der Waals surface area contributed by atoms with E-state index in [0.717, 1.165) is 18.9 Å². The lowest BCUT2D eigenvalue weighted by molar-refractivity contribution is -0.140. The standard InChI is InChI=1S/C17H13N5O5S2/c1-27-14(23)10-21-16(24)15-12(8-5-9-13(15)29(21,25)26)28-17-18-19-20-22(17)11-6-3-2-4-7-11/h2-9H,10H2,1H3. The minimum absolute atomic E-state index is 0.0241. The Balaban J connectivity index is 1.74. The van der Waals surface area contributed by atoms with E-state index in [2.05, 4.69) is 20.3 Å². The highest BCUT2D eigenvalue weighted by atomic mass is 32.2. The van der Waals surface area contributed by atoms with Gasteiger partial charge in [-0.2, -0.15) is 4.68 Å². The lowest BCUT2D eigenvalue weighted by Crippen LogP contribution is -2.35. The number of ether oxygens (including phenoxy) is 1. The summed E-state index contributed by atoms with van der Waals surface area (Å²) in [4.78, 5) is 24.6. The second-order valence-corrected chi connectivity index (χ2v) is 8.67. The topological polar surface area (TPSA) is 124 Å². The predicted molar refractivity (Wildman–Crippen MR) is 100.0 cm³/mol. The highest BCUT2D eigenvalue weighted by Gasteiger charge is 2.44. The molecule has 2 heterocycles. The van der Waals surface area contributed by atoms with Crippen LogP contribution in [0.15, 0.2) is 63.5 Å². The van der Waals surface area contributed by atoms with E-state index in [1.54, 1.807) is 6.07 Å². The van der Waals surface area contributed by atoms with E-state index in [4.69, 9.17) is 0 Å². The molecule has 0 N–H and O–H groups in total. The molecule has 1 aliphatic heterocycles. The number of methoxy groups -OCH3 is 1. The number of aromatic nitrogens is 4. The maximum Gasteiger partial charge on any atom is 0.326 e. The molecule has 0 spiro atoms. The molecule has 0 atom stereocenters. The van der Waals surface area contributed by atoms with Crippen LogP contribution in [0.2, 0.25) is 0 Å². The first-order valence-electron chi connectivity index (χ1n) is 8.22. The number of hydrogen-bond acceptors (Lipinski definition) is 9. The Hall–Kier alpha value is -3.25. The molecule has 3 aromatic rings. The second-order valence-electron chi connectivity index (χ2n) is 5.83. The molecule has 0 saturated heterocycles. The number of hydrogen-bond donors (Lipinski definition) is 0. The van der Waals surface area contributed by atoms with E-state index >= 15 is 0 Å². The van der Waals surface area contributed by atoms with Crippen LogP contribution in [-0.4, -0.2) is 58.5 Å². The number of fused-ring (bicyclic) bond motifs is 1. The largest absolute Gasteiger partial charge is 0.468 e. The van der Waals surface area contributed by atoms with Crippen molar-refractivity contribution < 1.29 is 22.7 Å². The van der Waals surface area contributed by atoms with Gasteiger partial charge < -0.3 is 4.74 Å². The number of sulfonamides is 1. The van der Waals surface area contributed by atoms with Gasteiger partial charge in [0.25, 0.3) is 15.9 Å². The number of amides is 1. The molecule has 0 bridgehead atoms. The fourth-order valence-corrected chi connectivity index (χ4v) is 5.33. The van der Waals surface area contributed by atoms with Gasteiger partial charge in [0.2, 0.25) is 5.16 Å². The van der Waals surface area contributed by atoms with Gasteiger partial charge in [-0.05, 0) is 46.5 Å². The maximum atomic E-state index is 12.8. The molecule has 148 valence electrons. The number of para-hydroxylation sites is 1. The van der Waals surface area contributed by atoms with E-state index in [1.807, 2.05) is 30.3 Å². The first kappa shape index (κ1) is 19.1. The monoisotopic (exact) mass is 431 g/mol. The normalized spacial score (nSPS) is 14.7. The highest BCUT2D eigenvalue weighted by Crippen LogP contribution is 2.39. The van der Waals surface area contributed by atoms with Gasteiger partial charge in [-0.1, -0.05) is 24.3 Å². The molecule has 0 saturated carbocycles. The van der Waals surface area contributed by atoms with Crippen molar-refractivity contribution in [2.45, 2.75) is 14.9 Å². The van der Waals surface area contributed by atoms with Crippen LogP contribution >= 0.6 is 11.8 Å². The Morgan fingerprint density at radius 3 is 2.62 bits per heavy atom. The molecule has 0 fully saturated rings. The SMILES string of the molecule is COC(=O)CN1C(=O)c2c(Sc3nnnn3-c3ccccc3)cccc2S1(=O)=O. The highest BCUT2D eigenvalue weighted by molar-refractivity contribution is 7.99.